The van der Waals surface area contributed by atoms with Gasteiger partial charge in [-0.05, 0) is 42.8 Å². The number of likely N-dealkylation sites (tertiary alicyclic amines) is 1. The molecule has 166 valence electrons. The van der Waals surface area contributed by atoms with Crippen molar-refractivity contribution in [2.75, 3.05) is 18.4 Å². The molecule has 2 N–H and O–H groups in total. The average molecular weight is 471 g/mol. The van der Waals surface area contributed by atoms with Crippen LogP contribution >= 0.6 is 22.9 Å². The van der Waals surface area contributed by atoms with Crippen molar-refractivity contribution in [1.82, 2.24) is 25.2 Å². The van der Waals surface area contributed by atoms with E-state index in [4.69, 9.17) is 11.6 Å². The molecule has 2 amide bonds. The number of nitrogens with zero attached hydrogens (tertiary/aromatic N) is 4. The topological polar surface area (TPSA) is 100 Å². The highest BCUT2D eigenvalue weighted by molar-refractivity contribution is 7.17. The Morgan fingerprint density at radius 2 is 2.06 bits per heavy atom. The van der Waals surface area contributed by atoms with E-state index >= 15 is 0 Å². The van der Waals surface area contributed by atoms with E-state index < -0.39 is 0 Å². The van der Waals surface area contributed by atoms with Gasteiger partial charge in [-0.25, -0.2) is 9.97 Å². The molecule has 0 radical (unpaired) electrons. The summed E-state index contributed by atoms with van der Waals surface area (Å²) in [4.78, 5) is 40.4. The molecule has 1 saturated heterocycles. The number of carbonyl (C=O) groups is 2. The second-order valence-electron chi connectivity index (χ2n) is 8.77. The molecule has 0 aromatic carbocycles. The number of hydrogen-bond donors (Lipinski definition) is 2. The molecule has 0 spiro atoms. The van der Waals surface area contributed by atoms with Gasteiger partial charge in [0.05, 0.1) is 27.3 Å². The molecule has 10 heteroatoms. The molecule has 1 atom stereocenters. The van der Waals surface area contributed by atoms with Crippen molar-refractivity contribution >= 4 is 50.9 Å². The average Bonchev–Trinajstić information content (AvgIpc) is 3.31. The van der Waals surface area contributed by atoms with Crippen molar-refractivity contribution in [3.8, 4) is 0 Å². The number of nitrogens with one attached hydrogen (secondary N) is 2. The number of carbonyl (C=O) groups excluding carboxylic acids is 2. The zero-order chi connectivity index (χ0) is 22.5. The maximum atomic E-state index is 13.2. The second kappa shape index (κ2) is 7.97. The zero-order valence-corrected chi connectivity index (χ0v) is 19.3. The summed E-state index contributed by atoms with van der Waals surface area (Å²) in [6.07, 6.45) is 5.18. The number of hydrogen-bond acceptors (Lipinski definition) is 7. The lowest BCUT2D eigenvalue weighted by Crippen LogP contribution is -2.61. The number of anilines is 1. The molecule has 4 heterocycles. The fourth-order valence-corrected chi connectivity index (χ4v) is 4.67. The Labute approximate surface area is 194 Å². The van der Waals surface area contributed by atoms with Gasteiger partial charge in [-0.2, -0.15) is 0 Å². The van der Waals surface area contributed by atoms with Gasteiger partial charge in [-0.15, -0.1) is 11.3 Å². The highest BCUT2D eigenvalue weighted by Gasteiger charge is 2.46. The number of halogens is 1. The summed E-state index contributed by atoms with van der Waals surface area (Å²) in [6, 6.07) is 3.56. The fraction of sp³-hybridized carbons (Fsp3) is 0.409. The van der Waals surface area contributed by atoms with E-state index in [1.807, 2.05) is 31.4 Å². The minimum absolute atomic E-state index is 0.00233. The third kappa shape index (κ3) is 4.02. The summed E-state index contributed by atoms with van der Waals surface area (Å²) >= 11 is 7.50. The Morgan fingerprint density at radius 3 is 2.78 bits per heavy atom. The van der Waals surface area contributed by atoms with E-state index in [-0.39, 0.29) is 29.3 Å². The lowest BCUT2D eigenvalue weighted by atomic mass is 10.0. The van der Waals surface area contributed by atoms with Crippen molar-refractivity contribution in [1.29, 1.82) is 0 Å². The molecule has 2 aliphatic rings. The molecular weight excluding hydrogens is 448 g/mol. The third-order valence-electron chi connectivity index (χ3n) is 6.13. The molecule has 0 bridgehead atoms. The van der Waals surface area contributed by atoms with Gasteiger partial charge in [-0.1, -0.05) is 18.5 Å². The maximum Gasteiger partial charge on any atom is 0.274 e. The van der Waals surface area contributed by atoms with Crippen LogP contribution in [0, 0.1) is 5.41 Å². The SMILES string of the molecule is CC(Nc1nc(C(=O)N2CC(NC(=O)C3(C)CC3)C2)c2sccc2n1)c1cncc(Cl)c1. The Bertz CT molecular complexity index is 1200. The second-order valence-corrected chi connectivity index (χ2v) is 10.1. The molecule has 8 nitrogen and oxygen atoms in total. The quantitative estimate of drug-likeness (QED) is 0.570. The van der Waals surface area contributed by atoms with E-state index in [1.165, 1.54) is 11.3 Å². The van der Waals surface area contributed by atoms with Gasteiger partial charge >= 0.3 is 0 Å². The van der Waals surface area contributed by atoms with Crippen LogP contribution in [0.25, 0.3) is 10.2 Å². The molecule has 3 aromatic heterocycles. The van der Waals surface area contributed by atoms with Crippen LogP contribution in [-0.4, -0.2) is 50.8 Å². The Hall–Kier alpha value is -2.78. The predicted octanol–water partition coefficient (Wildman–Crippen LogP) is 3.65. The summed E-state index contributed by atoms with van der Waals surface area (Å²) in [5, 5.41) is 8.76. The van der Waals surface area contributed by atoms with Crippen molar-refractivity contribution in [2.24, 2.45) is 5.41 Å². The van der Waals surface area contributed by atoms with Crippen molar-refractivity contribution < 1.29 is 9.59 Å². The van der Waals surface area contributed by atoms with Gasteiger partial charge in [0, 0.05) is 30.9 Å². The first-order valence-electron chi connectivity index (χ1n) is 10.5. The first kappa shape index (κ1) is 21.1. The molecule has 3 aromatic rings. The van der Waals surface area contributed by atoms with Crippen LogP contribution in [0.4, 0.5) is 5.95 Å². The van der Waals surface area contributed by atoms with E-state index in [0.29, 0.717) is 29.8 Å². The fourth-order valence-electron chi connectivity index (χ4n) is 3.67. The van der Waals surface area contributed by atoms with E-state index in [2.05, 4.69) is 25.6 Å². The molecule has 2 fully saturated rings. The molecule has 1 unspecified atom stereocenters. The van der Waals surface area contributed by atoms with Crippen LogP contribution in [0.3, 0.4) is 0 Å². The van der Waals surface area contributed by atoms with Gasteiger partial charge < -0.3 is 15.5 Å². The van der Waals surface area contributed by atoms with Gasteiger partial charge in [0.25, 0.3) is 5.91 Å². The third-order valence-corrected chi connectivity index (χ3v) is 7.25. The Morgan fingerprint density at radius 1 is 1.28 bits per heavy atom. The van der Waals surface area contributed by atoms with Gasteiger partial charge in [0.1, 0.15) is 0 Å². The highest BCUT2D eigenvalue weighted by atomic mass is 35.5. The summed E-state index contributed by atoms with van der Waals surface area (Å²) in [6.45, 7) is 4.92. The lowest BCUT2D eigenvalue weighted by Gasteiger charge is -2.39. The van der Waals surface area contributed by atoms with Gasteiger partial charge in [0.2, 0.25) is 11.9 Å². The van der Waals surface area contributed by atoms with E-state index in [0.717, 1.165) is 28.6 Å². The number of rotatable bonds is 6. The first-order valence-corrected chi connectivity index (χ1v) is 11.8. The van der Waals surface area contributed by atoms with Crippen LogP contribution in [-0.2, 0) is 4.79 Å². The van der Waals surface area contributed by atoms with E-state index in [9.17, 15) is 9.59 Å². The van der Waals surface area contributed by atoms with E-state index in [1.54, 1.807) is 17.3 Å². The van der Waals surface area contributed by atoms with Gasteiger partial charge in [-0.3, -0.25) is 14.6 Å². The van der Waals surface area contributed by atoms with Crippen molar-refractivity contribution in [3.63, 3.8) is 0 Å². The number of fused-ring (bicyclic) bond motifs is 1. The largest absolute Gasteiger partial charge is 0.349 e. The zero-order valence-electron chi connectivity index (χ0n) is 17.8. The molecule has 1 aliphatic carbocycles. The standard InChI is InChI=1S/C22H23ClN6O2S/c1-12(13-7-14(23)9-24-8-13)25-21-27-16-3-6-32-18(16)17(28-21)19(30)29-10-15(11-29)26-20(31)22(2)4-5-22/h3,6-9,12,15H,4-5,10-11H2,1-2H3,(H,26,31)(H,25,27,28). The molecule has 32 heavy (non-hydrogen) atoms. The Balaban J connectivity index is 1.31. The minimum Gasteiger partial charge on any atom is -0.349 e. The molecular formula is C22H23ClN6O2S. The minimum atomic E-state index is -0.212. The van der Waals surface area contributed by atoms with Crippen LogP contribution in [0.1, 0.15) is 48.8 Å². The molecule has 1 aliphatic heterocycles. The Kier molecular flexibility index (Phi) is 5.25. The van der Waals surface area contributed by atoms with Crippen molar-refractivity contribution in [3.05, 3.63) is 46.2 Å². The lowest BCUT2D eigenvalue weighted by molar-refractivity contribution is -0.127. The van der Waals surface area contributed by atoms with Crippen LogP contribution in [0.5, 0.6) is 0 Å². The smallest absolute Gasteiger partial charge is 0.274 e. The van der Waals surface area contributed by atoms with Crippen LogP contribution in [0.15, 0.2) is 29.9 Å². The monoisotopic (exact) mass is 470 g/mol. The normalized spacial score (nSPS) is 18.2. The maximum absolute atomic E-state index is 13.2. The number of thiophene rings is 1. The molecule has 5 rings (SSSR count). The highest BCUT2D eigenvalue weighted by Crippen LogP contribution is 2.45. The number of pyridine rings is 1. The molecule has 1 saturated carbocycles. The number of aromatic nitrogens is 3. The summed E-state index contributed by atoms with van der Waals surface area (Å²) in [5.74, 6) is 0.315. The summed E-state index contributed by atoms with van der Waals surface area (Å²) < 4.78 is 0.760. The van der Waals surface area contributed by atoms with Gasteiger partial charge in [0.15, 0.2) is 5.69 Å². The summed E-state index contributed by atoms with van der Waals surface area (Å²) in [7, 11) is 0. The predicted molar refractivity (Wildman–Crippen MR) is 124 cm³/mol. The first-order chi connectivity index (χ1) is 15.3. The number of amides is 2. The summed E-state index contributed by atoms with van der Waals surface area (Å²) in [5.41, 5.74) is 1.78. The van der Waals surface area contributed by atoms with Crippen LogP contribution < -0.4 is 10.6 Å². The van der Waals surface area contributed by atoms with Crippen LogP contribution in [0.2, 0.25) is 5.02 Å². The van der Waals surface area contributed by atoms with Crippen molar-refractivity contribution in [2.45, 2.75) is 38.8 Å².